The van der Waals surface area contributed by atoms with Gasteiger partial charge >= 0.3 is 5.69 Å². The van der Waals surface area contributed by atoms with Crippen LogP contribution < -0.4 is 11.2 Å². The Morgan fingerprint density at radius 3 is 2.33 bits per heavy atom. The van der Waals surface area contributed by atoms with E-state index in [2.05, 4.69) is 4.57 Å². The molecule has 0 amide bonds. The van der Waals surface area contributed by atoms with Crippen molar-refractivity contribution in [2.24, 2.45) is 14.1 Å². The van der Waals surface area contributed by atoms with Crippen LogP contribution in [0.5, 0.6) is 0 Å². The lowest BCUT2D eigenvalue weighted by Crippen LogP contribution is -2.40. The highest BCUT2D eigenvalue weighted by atomic mass is 19.1. The van der Waals surface area contributed by atoms with Gasteiger partial charge in [0.25, 0.3) is 5.56 Å². The molecule has 0 saturated carbocycles. The van der Waals surface area contributed by atoms with Crippen LogP contribution in [0, 0.1) is 12.7 Å². The Bertz CT molecular complexity index is 1520. The van der Waals surface area contributed by atoms with Crippen LogP contribution >= 0.6 is 0 Å². The quantitative estimate of drug-likeness (QED) is 0.467. The molecular weight excluding hydrogens is 421 g/mol. The number of nitrogens with zero attached hydrogens (tertiary/aromatic N) is 3. The van der Waals surface area contributed by atoms with E-state index in [4.69, 9.17) is 4.74 Å². The van der Waals surface area contributed by atoms with Crippen LogP contribution in [0.1, 0.15) is 36.8 Å². The normalized spacial score (nSPS) is 17.3. The van der Waals surface area contributed by atoms with Crippen molar-refractivity contribution >= 4 is 10.9 Å². The zero-order valence-electron chi connectivity index (χ0n) is 19.3. The van der Waals surface area contributed by atoms with Crippen LogP contribution in [0.2, 0.25) is 0 Å². The predicted octanol–water partition coefficient (Wildman–Crippen LogP) is 4.01. The zero-order valence-corrected chi connectivity index (χ0v) is 19.3. The Balaban J connectivity index is 2.03. The molecule has 1 aliphatic heterocycles. The highest BCUT2D eigenvalue weighted by Gasteiger charge is 2.41. The van der Waals surface area contributed by atoms with Crippen LogP contribution in [-0.4, -0.2) is 20.3 Å². The third-order valence-corrected chi connectivity index (χ3v) is 6.58. The number of hydrogen-bond donors (Lipinski definition) is 0. The van der Waals surface area contributed by atoms with E-state index in [1.54, 1.807) is 25.2 Å². The van der Waals surface area contributed by atoms with Gasteiger partial charge in [-0.25, -0.2) is 9.18 Å². The lowest BCUT2D eigenvalue weighted by atomic mass is 9.97. The molecule has 0 radical (unpaired) electrons. The van der Waals surface area contributed by atoms with Gasteiger partial charge in [0, 0.05) is 19.7 Å². The second-order valence-electron chi connectivity index (χ2n) is 9.39. The summed E-state index contributed by atoms with van der Waals surface area (Å²) in [5.74, 6) is -0.395. The standard InChI is InChI=1S/C26H26FN3O3/c1-15-10-12-16(13-11-15)20-19-21(28(4)25(32)29(5)24(19)31)22-23(17-8-6-7-9-18(17)27)33-14-26(2,3)30(20)22/h6-13,23H,14H2,1-5H3/t23-/m0/s1. The molecule has 1 aliphatic rings. The topological polar surface area (TPSA) is 58.2 Å². The fourth-order valence-electron chi connectivity index (χ4n) is 4.91. The van der Waals surface area contributed by atoms with Crippen molar-refractivity contribution < 1.29 is 9.13 Å². The average molecular weight is 448 g/mol. The predicted molar refractivity (Wildman–Crippen MR) is 126 cm³/mol. The van der Waals surface area contributed by atoms with Crippen LogP contribution in [0.15, 0.2) is 58.1 Å². The second kappa shape index (κ2) is 7.28. The van der Waals surface area contributed by atoms with Gasteiger partial charge in [0.1, 0.15) is 11.9 Å². The second-order valence-corrected chi connectivity index (χ2v) is 9.39. The molecule has 0 saturated heterocycles. The number of aromatic nitrogens is 3. The molecule has 2 aromatic carbocycles. The van der Waals surface area contributed by atoms with Gasteiger partial charge < -0.3 is 9.30 Å². The number of aryl methyl sites for hydroxylation is 2. The summed E-state index contributed by atoms with van der Waals surface area (Å²) in [5.41, 5.74) is 2.76. The molecule has 0 spiro atoms. The summed E-state index contributed by atoms with van der Waals surface area (Å²) in [6.45, 7) is 6.36. The van der Waals surface area contributed by atoms with Gasteiger partial charge in [-0.2, -0.15) is 0 Å². The molecule has 0 aliphatic carbocycles. The Morgan fingerprint density at radius 2 is 1.67 bits per heavy atom. The van der Waals surface area contributed by atoms with Gasteiger partial charge in [0.05, 0.1) is 34.4 Å². The van der Waals surface area contributed by atoms with E-state index in [9.17, 15) is 14.0 Å². The first kappa shape index (κ1) is 21.4. The van der Waals surface area contributed by atoms with Crippen molar-refractivity contribution in [3.8, 4) is 11.3 Å². The average Bonchev–Trinajstić information content (AvgIpc) is 3.15. The zero-order chi connectivity index (χ0) is 23.7. The summed E-state index contributed by atoms with van der Waals surface area (Å²) in [6.07, 6.45) is -0.765. The molecule has 0 bridgehead atoms. The van der Waals surface area contributed by atoms with Crippen molar-refractivity contribution in [1.82, 2.24) is 13.7 Å². The van der Waals surface area contributed by atoms with Crippen molar-refractivity contribution in [2.45, 2.75) is 32.4 Å². The van der Waals surface area contributed by atoms with Gasteiger partial charge in [-0.1, -0.05) is 48.0 Å². The molecule has 5 rings (SSSR count). The molecule has 1 atom stereocenters. The minimum Gasteiger partial charge on any atom is -0.365 e. The molecule has 2 aromatic heterocycles. The summed E-state index contributed by atoms with van der Waals surface area (Å²) in [6, 6.07) is 14.4. The monoisotopic (exact) mass is 447 g/mol. The van der Waals surface area contributed by atoms with Gasteiger partial charge in [-0.05, 0) is 32.4 Å². The third-order valence-electron chi connectivity index (χ3n) is 6.58. The number of hydrogen-bond acceptors (Lipinski definition) is 3. The molecule has 170 valence electrons. The summed E-state index contributed by atoms with van der Waals surface area (Å²) >= 11 is 0. The summed E-state index contributed by atoms with van der Waals surface area (Å²) in [4.78, 5) is 26.5. The Hall–Kier alpha value is -3.45. The maximum atomic E-state index is 14.9. The number of halogens is 1. The van der Waals surface area contributed by atoms with Crippen LogP contribution in [0.25, 0.3) is 22.2 Å². The Morgan fingerprint density at radius 1 is 1.00 bits per heavy atom. The Labute approximate surface area is 190 Å². The lowest BCUT2D eigenvalue weighted by molar-refractivity contribution is -0.00855. The van der Waals surface area contributed by atoms with E-state index in [-0.39, 0.29) is 5.56 Å². The number of fused-ring (bicyclic) bond motifs is 3. The van der Waals surface area contributed by atoms with Crippen molar-refractivity contribution in [2.75, 3.05) is 6.61 Å². The summed E-state index contributed by atoms with van der Waals surface area (Å²) in [7, 11) is 3.12. The molecule has 0 unspecified atom stereocenters. The highest BCUT2D eigenvalue weighted by Crippen LogP contribution is 2.45. The van der Waals surface area contributed by atoms with Gasteiger partial charge in [0.15, 0.2) is 0 Å². The van der Waals surface area contributed by atoms with E-state index >= 15 is 0 Å². The first-order valence-electron chi connectivity index (χ1n) is 10.9. The fourth-order valence-corrected chi connectivity index (χ4v) is 4.91. The fraction of sp³-hybridized carbons (Fsp3) is 0.308. The van der Waals surface area contributed by atoms with E-state index in [1.165, 1.54) is 17.7 Å². The lowest BCUT2D eigenvalue weighted by Gasteiger charge is -2.39. The van der Waals surface area contributed by atoms with Gasteiger partial charge in [0.2, 0.25) is 0 Å². The van der Waals surface area contributed by atoms with Gasteiger partial charge in [-0.3, -0.25) is 13.9 Å². The molecule has 3 heterocycles. The number of rotatable bonds is 2. The first-order chi connectivity index (χ1) is 15.6. The van der Waals surface area contributed by atoms with E-state index in [0.717, 1.165) is 15.7 Å². The minimum atomic E-state index is -0.765. The maximum Gasteiger partial charge on any atom is 0.331 e. The summed E-state index contributed by atoms with van der Waals surface area (Å²) < 4.78 is 25.8. The molecule has 4 aromatic rings. The van der Waals surface area contributed by atoms with Crippen LogP contribution in [0.4, 0.5) is 4.39 Å². The minimum absolute atomic E-state index is 0.313. The maximum absolute atomic E-state index is 14.9. The summed E-state index contributed by atoms with van der Waals surface area (Å²) in [5, 5.41) is 0.429. The smallest absolute Gasteiger partial charge is 0.331 e. The SMILES string of the molecule is Cc1ccc(-c2c3c(=O)n(C)c(=O)n(C)c3c3n2C(C)(C)CO[C@H]3c2ccccc2F)cc1. The van der Waals surface area contributed by atoms with Crippen LogP contribution in [0.3, 0.4) is 0 Å². The third kappa shape index (κ3) is 3.03. The Kier molecular flexibility index (Phi) is 4.72. The van der Waals surface area contributed by atoms with E-state index in [0.29, 0.717) is 34.5 Å². The number of ether oxygens (including phenoxy) is 1. The number of benzene rings is 2. The van der Waals surface area contributed by atoms with Crippen LogP contribution in [-0.2, 0) is 24.4 Å². The largest absolute Gasteiger partial charge is 0.365 e. The molecule has 0 fully saturated rings. The highest BCUT2D eigenvalue weighted by molar-refractivity contribution is 5.96. The molecule has 33 heavy (non-hydrogen) atoms. The van der Waals surface area contributed by atoms with E-state index < -0.39 is 23.1 Å². The van der Waals surface area contributed by atoms with Gasteiger partial charge in [-0.15, -0.1) is 0 Å². The molecule has 7 heteroatoms. The van der Waals surface area contributed by atoms with Crippen molar-refractivity contribution in [3.05, 3.63) is 92.0 Å². The van der Waals surface area contributed by atoms with E-state index in [1.807, 2.05) is 45.0 Å². The molecular formula is C26H26FN3O3. The van der Waals surface area contributed by atoms with Crippen molar-refractivity contribution in [3.63, 3.8) is 0 Å². The van der Waals surface area contributed by atoms with Crippen molar-refractivity contribution in [1.29, 1.82) is 0 Å². The first-order valence-corrected chi connectivity index (χ1v) is 10.9. The molecule has 6 nitrogen and oxygen atoms in total. The molecule has 0 N–H and O–H groups in total.